The zero-order chi connectivity index (χ0) is 14.6. The molecule has 0 saturated carbocycles. The first kappa shape index (κ1) is 15.1. The number of nitrogens with zero attached hydrogens (tertiary/aromatic N) is 1. The van der Waals surface area contributed by atoms with Gasteiger partial charge in [-0.25, -0.2) is 4.39 Å². The van der Waals surface area contributed by atoms with Crippen molar-refractivity contribution in [1.82, 2.24) is 4.90 Å². The highest BCUT2D eigenvalue weighted by Gasteiger charge is 2.17. The van der Waals surface area contributed by atoms with E-state index in [0.717, 1.165) is 0 Å². The van der Waals surface area contributed by atoms with Crippen molar-refractivity contribution < 1.29 is 13.9 Å². The number of halogens is 1. The zero-order valence-electron chi connectivity index (χ0n) is 11.7. The molecule has 19 heavy (non-hydrogen) atoms. The molecular weight excluding hydrogens is 249 g/mol. The second-order valence-electron chi connectivity index (χ2n) is 4.40. The summed E-state index contributed by atoms with van der Waals surface area (Å²) in [5.41, 5.74) is 6.44. The number of hydrogen-bond donors (Lipinski definition) is 2. The average molecular weight is 269 g/mol. The van der Waals surface area contributed by atoms with Gasteiger partial charge in [-0.3, -0.25) is 4.79 Å². The van der Waals surface area contributed by atoms with Crippen molar-refractivity contribution in [1.29, 1.82) is 0 Å². The molecular formula is C13H20FN3O2. The van der Waals surface area contributed by atoms with Crippen LogP contribution in [0.4, 0.5) is 15.8 Å². The van der Waals surface area contributed by atoms with E-state index in [1.165, 1.54) is 17.0 Å². The lowest BCUT2D eigenvalue weighted by molar-refractivity contribution is -0.129. The van der Waals surface area contributed by atoms with Gasteiger partial charge < -0.3 is 20.7 Å². The van der Waals surface area contributed by atoms with Crippen LogP contribution in [0.1, 0.15) is 13.8 Å². The van der Waals surface area contributed by atoms with E-state index in [1.807, 2.05) is 0 Å². The number of benzene rings is 1. The van der Waals surface area contributed by atoms with Gasteiger partial charge in [-0.15, -0.1) is 0 Å². The van der Waals surface area contributed by atoms with Crippen LogP contribution in [-0.2, 0) is 4.79 Å². The highest BCUT2D eigenvalue weighted by atomic mass is 19.1. The minimum absolute atomic E-state index is 0.0957. The van der Waals surface area contributed by atoms with Crippen LogP contribution in [0.2, 0.25) is 0 Å². The summed E-state index contributed by atoms with van der Waals surface area (Å²) in [6, 6.07) is 2.19. The zero-order valence-corrected chi connectivity index (χ0v) is 11.7. The lowest BCUT2D eigenvalue weighted by Gasteiger charge is -2.20. The normalized spacial score (nSPS) is 11.8. The summed E-state index contributed by atoms with van der Waals surface area (Å²) in [6.07, 6.45) is 0. The molecule has 5 nitrogen and oxygen atoms in total. The smallest absolute Gasteiger partial charge is 0.244 e. The maximum atomic E-state index is 13.5. The van der Waals surface area contributed by atoms with Crippen molar-refractivity contribution in [3.63, 3.8) is 0 Å². The number of amides is 1. The monoisotopic (exact) mass is 269 g/mol. The van der Waals surface area contributed by atoms with Crippen LogP contribution in [0.15, 0.2) is 12.1 Å². The lowest BCUT2D eigenvalue weighted by atomic mass is 10.2. The maximum absolute atomic E-state index is 13.5. The highest BCUT2D eigenvalue weighted by molar-refractivity contribution is 5.85. The van der Waals surface area contributed by atoms with Crippen LogP contribution in [0.3, 0.4) is 0 Å². The van der Waals surface area contributed by atoms with Gasteiger partial charge in [0.05, 0.1) is 18.0 Å². The molecule has 0 radical (unpaired) electrons. The topological polar surface area (TPSA) is 67.6 Å². The summed E-state index contributed by atoms with van der Waals surface area (Å²) in [7, 11) is 3.33. The third-order valence-corrected chi connectivity index (χ3v) is 2.59. The number of carbonyl (C=O) groups excluding carboxylic acids is 1. The van der Waals surface area contributed by atoms with Crippen molar-refractivity contribution in [3.8, 4) is 5.75 Å². The number of nitrogen functional groups attached to an aromatic ring is 1. The molecule has 0 bridgehead atoms. The predicted octanol–water partition coefficient (Wildman–Crippen LogP) is 1.70. The largest absolute Gasteiger partial charge is 0.491 e. The van der Waals surface area contributed by atoms with Gasteiger partial charge in [0, 0.05) is 26.2 Å². The van der Waals surface area contributed by atoms with E-state index >= 15 is 0 Å². The number of likely N-dealkylation sites (N-methyl/N-ethyl adjacent to an activating group) is 1. The van der Waals surface area contributed by atoms with Crippen molar-refractivity contribution in [2.75, 3.05) is 31.8 Å². The Morgan fingerprint density at radius 2 is 2.16 bits per heavy atom. The molecule has 1 unspecified atom stereocenters. The van der Waals surface area contributed by atoms with E-state index in [9.17, 15) is 9.18 Å². The molecule has 0 aliphatic carbocycles. The maximum Gasteiger partial charge on any atom is 0.244 e. The van der Waals surface area contributed by atoms with E-state index in [4.69, 9.17) is 10.5 Å². The molecule has 0 spiro atoms. The minimum Gasteiger partial charge on any atom is -0.491 e. The van der Waals surface area contributed by atoms with Crippen molar-refractivity contribution in [2.45, 2.75) is 19.9 Å². The Bertz CT molecular complexity index is 463. The molecule has 0 fully saturated rings. The number of nitrogens with two attached hydrogens (primary N) is 1. The quantitative estimate of drug-likeness (QED) is 0.798. The minimum atomic E-state index is -0.517. The summed E-state index contributed by atoms with van der Waals surface area (Å²) in [4.78, 5) is 13.2. The number of ether oxygens (including phenoxy) is 1. The van der Waals surface area contributed by atoms with Gasteiger partial charge in [0.25, 0.3) is 0 Å². The molecule has 0 aliphatic heterocycles. The third kappa shape index (κ3) is 3.74. The van der Waals surface area contributed by atoms with Crippen LogP contribution < -0.4 is 15.8 Å². The first-order chi connectivity index (χ1) is 8.86. The molecule has 0 heterocycles. The Balaban J connectivity index is 2.94. The molecule has 1 amide bonds. The predicted molar refractivity (Wildman–Crippen MR) is 73.8 cm³/mol. The molecule has 0 aliphatic rings. The SMILES string of the molecule is CCOc1cc(NC(C)C(=O)N(C)C)c(N)cc1F. The molecule has 1 aromatic carbocycles. The summed E-state index contributed by atoms with van der Waals surface area (Å²) >= 11 is 0. The average Bonchev–Trinajstić information content (AvgIpc) is 2.34. The van der Waals surface area contributed by atoms with Gasteiger partial charge >= 0.3 is 0 Å². The Labute approximate surface area is 112 Å². The van der Waals surface area contributed by atoms with Gasteiger partial charge in [0.15, 0.2) is 11.6 Å². The number of anilines is 2. The van der Waals surface area contributed by atoms with Gasteiger partial charge in [0.1, 0.15) is 6.04 Å². The lowest BCUT2D eigenvalue weighted by Crippen LogP contribution is -2.36. The third-order valence-electron chi connectivity index (χ3n) is 2.59. The van der Waals surface area contributed by atoms with Crippen LogP contribution in [0, 0.1) is 5.82 Å². The molecule has 3 N–H and O–H groups in total. The fraction of sp³-hybridized carbons (Fsp3) is 0.462. The molecule has 1 aromatic rings. The Kier molecular flexibility index (Phi) is 4.97. The van der Waals surface area contributed by atoms with Crippen molar-refractivity contribution in [2.24, 2.45) is 0 Å². The summed E-state index contributed by atoms with van der Waals surface area (Å²) in [5, 5.41) is 2.95. The van der Waals surface area contributed by atoms with Crippen molar-refractivity contribution in [3.05, 3.63) is 17.9 Å². The standard InChI is InChI=1S/C13H20FN3O2/c1-5-19-12-7-11(10(15)6-9(12)14)16-8(2)13(18)17(3)4/h6-8,16H,5,15H2,1-4H3. The fourth-order valence-electron chi connectivity index (χ4n) is 1.64. The van der Waals surface area contributed by atoms with Crippen LogP contribution in [0.25, 0.3) is 0 Å². The number of carbonyl (C=O) groups is 1. The Hall–Kier alpha value is -1.98. The number of rotatable bonds is 5. The molecule has 6 heteroatoms. The van der Waals surface area contributed by atoms with Gasteiger partial charge in [-0.2, -0.15) is 0 Å². The summed E-state index contributed by atoms with van der Waals surface area (Å²) < 4.78 is 18.7. The molecule has 106 valence electrons. The van der Waals surface area contributed by atoms with Crippen LogP contribution in [0.5, 0.6) is 5.75 Å². The highest BCUT2D eigenvalue weighted by Crippen LogP contribution is 2.28. The number of hydrogen-bond acceptors (Lipinski definition) is 4. The van der Waals surface area contributed by atoms with E-state index in [1.54, 1.807) is 27.9 Å². The Morgan fingerprint density at radius 1 is 1.53 bits per heavy atom. The Morgan fingerprint density at radius 3 is 2.68 bits per heavy atom. The first-order valence-electron chi connectivity index (χ1n) is 6.06. The van der Waals surface area contributed by atoms with E-state index in [0.29, 0.717) is 12.3 Å². The molecule has 0 saturated heterocycles. The molecule has 0 aromatic heterocycles. The van der Waals surface area contributed by atoms with Crippen LogP contribution in [-0.4, -0.2) is 37.6 Å². The summed E-state index contributed by atoms with van der Waals surface area (Å²) in [6.45, 7) is 3.83. The fourth-order valence-corrected chi connectivity index (χ4v) is 1.64. The second kappa shape index (κ2) is 6.26. The molecule has 1 atom stereocenters. The van der Waals surface area contributed by atoms with E-state index in [-0.39, 0.29) is 17.3 Å². The van der Waals surface area contributed by atoms with Gasteiger partial charge in [-0.1, -0.05) is 0 Å². The van der Waals surface area contributed by atoms with Gasteiger partial charge in [-0.05, 0) is 13.8 Å². The van der Waals surface area contributed by atoms with E-state index < -0.39 is 11.9 Å². The molecule has 1 rings (SSSR count). The van der Waals surface area contributed by atoms with Gasteiger partial charge in [0.2, 0.25) is 5.91 Å². The summed E-state index contributed by atoms with van der Waals surface area (Å²) in [5.74, 6) is -0.498. The number of nitrogens with one attached hydrogen (secondary N) is 1. The van der Waals surface area contributed by atoms with Crippen LogP contribution >= 0.6 is 0 Å². The second-order valence-corrected chi connectivity index (χ2v) is 4.40. The first-order valence-corrected chi connectivity index (χ1v) is 6.06. The van der Waals surface area contributed by atoms with Crippen molar-refractivity contribution >= 4 is 17.3 Å². The van der Waals surface area contributed by atoms with E-state index in [2.05, 4.69) is 5.32 Å².